The molecule has 28 heavy (non-hydrogen) atoms. The van der Waals surface area contributed by atoms with Gasteiger partial charge in [-0.2, -0.15) is 10.4 Å². The van der Waals surface area contributed by atoms with Gasteiger partial charge in [-0.1, -0.05) is 19.1 Å². The average molecular weight is 370 g/mol. The maximum Gasteiger partial charge on any atom is 0.116 e. The molecule has 2 heterocycles. The lowest BCUT2D eigenvalue weighted by Gasteiger charge is -2.10. The van der Waals surface area contributed by atoms with E-state index in [1.54, 1.807) is 0 Å². The van der Waals surface area contributed by atoms with Crippen molar-refractivity contribution in [1.82, 2.24) is 20.5 Å². The second-order valence-corrected chi connectivity index (χ2v) is 7.18. The number of H-pyrrole nitrogens is 2. The van der Waals surface area contributed by atoms with Crippen LogP contribution in [0.1, 0.15) is 24.5 Å². The van der Waals surface area contributed by atoms with Crippen LogP contribution in [0.3, 0.4) is 0 Å². The Hall–Kier alpha value is -3.43. The molecule has 0 saturated carbocycles. The molecule has 0 radical (unpaired) electrons. The minimum absolute atomic E-state index is 0.451. The number of benzene rings is 2. The van der Waals surface area contributed by atoms with Crippen molar-refractivity contribution in [2.45, 2.75) is 19.9 Å². The zero-order valence-electron chi connectivity index (χ0n) is 15.7. The molecule has 0 aliphatic carbocycles. The van der Waals surface area contributed by atoms with Gasteiger partial charge in [0.1, 0.15) is 5.69 Å². The van der Waals surface area contributed by atoms with Crippen LogP contribution in [-0.4, -0.2) is 27.9 Å². The quantitative estimate of drug-likeness (QED) is 0.364. The van der Waals surface area contributed by atoms with E-state index in [1.165, 1.54) is 17.2 Å². The van der Waals surface area contributed by atoms with E-state index in [9.17, 15) is 0 Å². The summed E-state index contributed by atoms with van der Waals surface area (Å²) < 4.78 is 0. The fourth-order valence-corrected chi connectivity index (χ4v) is 3.53. The number of hydrogen-bond acceptors (Lipinski definition) is 4. The van der Waals surface area contributed by atoms with Crippen molar-refractivity contribution in [3.63, 3.8) is 0 Å². The monoisotopic (exact) mass is 370 g/mol. The van der Waals surface area contributed by atoms with E-state index in [1.807, 2.05) is 18.2 Å². The Labute approximate surface area is 163 Å². The van der Waals surface area contributed by atoms with Crippen molar-refractivity contribution in [1.29, 1.82) is 10.7 Å². The summed E-state index contributed by atoms with van der Waals surface area (Å²) in [6.07, 6.45) is 2.27. The van der Waals surface area contributed by atoms with Gasteiger partial charge in [0.15, 0.2) is 0 Å². The zero-order valence-corrected chi connectivity index (χ0v) is 15.7. The van der Waals surface area contributed by atoms with Crippen molar-refractivity contribution in [3.05, 3.63) is 53.6 Å². The molecular weight excluding hydrogens is 348 g/mol. The number of nitrogens with zero attached hydrogens (tertiary/aromatic N) is 2. The second-order valence-electron chi connectivity index (χ2n) is 7.18. The van der Waals surface area contributed by atoms with Crippen LogP contribution >= 0.6 is 0 Å². The molecule has 6 nitrogen and oxygen atoms in total. The van der Waals surface area contributed by atoms with Crippen LogP contribution in [0.15, 0.2) is 42.5 Å². The molecular formula is C22H22N6. The normalized spacial score (nSPS) is 12.3. The van der Waals surface area contributed by atoms with Gasteiger partial charge >= 0.3 is 0 Å². The van der Waals surface area contributed by atoms with Crippen molar-refractivity contribution >= 4 is 28.0 Å². The third kappa shape index (κ3) is 3.40. The highest BCUT2D eigenvalue weighted by molar-refractivity contribution is 5.96. The van der Waals surface area contributed by atoms with Gasteiger partial charge in [0.2, 0.25) is 0 Å². The summed E-state index contributed by atoms with van der Waals surface area (Å²) in [5.41, 5.74) is 5.59. The summed E-state index contributed by atoms with van der Waals surface area (Å²) in [7, 11) is 0. The summed E-state index contributed by atoms with van der Waals surface area (Å²) in [5, 5.41) is 29.4. The van der Waals surface area contributed by atoms with Gasteiger partial charge in [0.05, 0.1) is 22.8 Å². The van der Waals surface area contributed by atoms with Gasteiger partial charge in [-0.25, -0.2) is 0 Å². The van der Waals surface area contributed by atoms with Crippen LogP contribution < -0.4 is 5.32 Å². The van der Waals surface area contributed by atoms with E-state index in [0.29, 0.717) is 11.5 Å². The number of nitrogens with one attached hydrogen (secondary N) is 4. The molecule has 0 aliphatic rings. The third-order valence-corrected chi connectivity index (χ3v) is 5.03. The highest BCUT2D eigenvalue weighted by atomic mass is 15.1. The molecule has 0 spiro atoms. The molecule has 140 valence electrons. The summed E-state index contributed by atoms with van der Waals surface area (Å²) in [5.74, 6) is 0.451. The molecule has 1 unspecified atom stereocenters. The number of aromatic amines is 2. The number of aromatic nitrogens is 3. The Kier molecular flexibility index (Phi) is 4.92. The van der Waals surface area contributed by atoms with Crippen LogP contribution in [0.5, 0.6) is 0 Å². The van der Waals surface area contributed by atoms with Crippen molar-refractivity contribution in [2.24, 2.45) is 5.92 Å². The molecule has 6 heteroatoms. The Morgan fingerprint density at radius 2 is 2.11 bits per heavy atom. The van der Waals surface area contributed by atoms with E-state index in [4.69, 9.17) is 10.7 Å². The van der Waals surface area contributed by atoms with Gasteiger partial charge in [0.25, 0.3) is 0 Å². The SMILES string of the molecule is CC(CC=N)CNCc1cccc2[nH]c(-c3n[nH]c4cc(C#N)ccc34)cc12. The van der Waals surface area contributed by atoms with E-state index in [-0.39, 0.29) is 0 Å². The number of hydrogen-bond donors (Lipinski definition) is 4. The number of fused-ring (bicyclic) bond motifs is 2. The summed E-state index contributed by atoms with van der Waals surface area (Å²) >= 11 is 0. The van der Waals surface area contributed by atoms with Gasteiger partial charge in [-0.3, -0.25) is 5.10 Å². The maximum atomic E-state index is 9.07. The largest absolute Gasteiger partial charge is 0.353 e. The molecule has 0 saturated heterocycles. The predicted octanol–water partition coefficient (Wildman–Crippen LogP) is 4.35. The topological polar surface area (TPSA) is 104 Å². The van der Waals surface area contributed by atoms with Crippen LogP contribution in [-0.2, 0) is 6.54 Å². The van der Waals surface area contributed by atoms with Gasteiger partial charge < -0.3 is 15.7 Å². The Morgan fingerprint density at radius 1 is 1.21 bits per heavy atom. The third-order valence-electron chi connectivity index (χ3n) is 5.03. The molecule has 4 N–H and O–H groups in total. The van der Waals surface area contributed by atoms with E-state index in [0.717, 1.165) is 47.3 Å². The molecule has 0 fully saturated rings. The zero-order chi connectivity index (χ0) is 19.5. The molecule has 4 rings (SSSR count). The van der Waals surface area contributed by atoms with Crippen LogP contribution in [0.2, 0.25) is 0 Å². The van der Waals surface area contributed by atoms with Crippen molar-refractivity contribution in [2.75, 3.05) is 6.54 Å². The fourth-order valence-electron chi connectivity index (χ4n) is 3.53. The highest BCUT2D eigenvalue weighted by Gasteiger charge is 2.13. The Bertz CT molecular complexity index is 1180. The van der Waals surface area contributed by atoms with Gasteiger partial charge in [0, 0.05) is 22.8 Å². The lowest BCUT2D eigenvalue weighted by atomic mass is 10.1. The van der Waals surface area contributed by atoms with E-state index < -0.39 is 0 Å². The molecule has 0 amide bonds. The second kappa shape index (κ2) is 7.67. The Morgan fingerprint density at radius 3 is 2.93 bits per heavy atom. The first-order valence-corrected chi connectivity index (χ1v) is 9.38. The first-order chi connectivity index (χ1) is 13.7. The fraction of sp³-hybridized carbons (Fsp3) is 0.227. The summed E-state index contributed by atoms with van der Waals surface area (Å²) in [4.78, 5) is 3.47. The molecule has 4 aromatic rings. The summed E-state index contributed by atoms with van der Waals surface area (Å²) in [6.45, 7) is 3.81. The standard InChI is InChI=1S/C22H22N6/c1-14(7-8-23)12-25-13-16-3-2-4-19-18(16)10-21(26-19)22-17-6-5-15(11-24)9-20(17)27-28-22/h2-6,8-10,14,23,25-26H,7,12-13H2,1H3,(H,27,28). The van der Waals surface area contributed by atoms with Gasteiger partial charge in [-0.05, 0) is 61.0 Å². The molecule has 0 bridgehead atoms. The lowest BCUT2D eigenvalue weighted by molar-refractivity contribution is 0.531. The first kappa shape index (κ1) is 18.0. The molecule has 1 atom stereocenters. The molecule has 2 aromatic carbocycles. The minimum Gasteiger partial charge on any atom is -0.353 e. The first-order valence-electron chi connectivity index (χ1n) is 9.38. The average Bonchev–Trinajstić information content (AvgIpc) is 3.31. The van der Waals surface area contributed by atoms with Gasteiger partial charge in [-0.15, -0.1) is 0 Å². The summed E-state index contributed by atoms with van der Waals surface area (Å²) in [6, 6.07) is 16.1. The number of rotatable bonds is 7. The van der Waals surface area contributed by atoms with E-state index >= 15 is 0 Å². The van der Waals surface area contributed by atoms with E-state index in [2.05, 4.69) is 57.8 Å². The van der Waals surface area contributed by atoms with Crippen LogP contribution in [0.25, 0.3) is 33.2 Å². The van der Waals surface area contributed by atoms with Crippen molar-refractivity contribution < 1.29 is 0 Å². The Balaban J connectivity index is 1.63. The number of nitriles is 1. The molecule has 2 aromatic heterocycles. The molecule has 0 aliphatic heterocycles. The smallest absolute Gasteiger partial charge is 0.116 e. The highest BCUT2D eigenvalue weighted by Crippen LogP contribution is 2.30. The predicted molar refractivity (Wildman–Crippen MR) is 112 cm³/mol. The minimum atomic E-state index is 0.451. The lowest BCUT2D eigenvalue weighted by Crippen LogP contribution is -2.21. The van der Waals surface area contributed by atoms with Crippen molar-refractivity contribution in [3.8, 4) is 17.5 Å². The van der Waals surface area contributed by atoms with Crippen LogP contribution in [0.4, 0.5) is 0 Å². The van der Waals surface area contributed by atoms with Crippen LogP contribution in [0, 0.1) is 22.7 Å². The maximum absolute atomic E-state index is 9.07.